The number of rotatable bonds is 2. The van der Waals surface area contributed by atoms with E-state index in [4.69, 9.17) is 15.7 Å². The molecule has 5 heteroatoms. The number of fused-ring (bicyclic) bond motifs is 1. The van der Waals surface area contributed by atoms with Gasteiger partial charge in [-0.05, 0) is 19.8 Å². The van der Waals surface area contributed by atoms with Crippen LogP contribution in [0.5, 0.6) is 0 Å². The number of hydrogen-bond donors (Lipinski definition) is 1. The fraction of sp³-hybridized carbons (Fsp3) is 0.455. The van der Waals surface area contributed by atoms with Crippen LogP contribution in [0.1, 0.15) is 35.1 Å². The van der Waals surface area contributed by atoms with Gasteiger partial charge < -0.3 is 15.0 Å². The summed E-state index contributed by atoms with van der Waals surface area (Å²) in [5.41, 5.74) is 7.71. The molecular weight excluding hydrogens is 206 g/mol. The predicted octanol–water partition coefficient (Wildman–Crippen LogP) is 1.06. The van der Waals surface area contributed by atoms with Crippen LogP contribution >= 0.6 is 0 Å². The Morgan fingerprint density at radius 3 is 3.06 bits per heavy atom. The van der Waals surface area contributed by atoms with Gasteiger partial charge in [-0.25, -0.2) is 4.79 Å². The molecule has 1 aliphatic heterocycles. The first-order chi connectivity index (χ1) is 7.70. The van der Waals surface area contributed by atoms with E-state index in [9.17, 15) is 4.79 Å². The normalized spacial score (nSPS) is 13.2. The Morgan fingerprint density at radius 2 is 2.44 bits per heavy atom. The van der Waals surface area contributed by atoms with Crippen molar-refractivity contribution in [3.05, 3.63) is 17.0 Å². The largest absolute Gasteiger partial charge is 0.461 e. The van der Waals surface area contributed by atoms with Gasteiger partial charge in [0.25, 0.3) is 0 Å². The van der Waals surface area contributed by atoms with Crippen LogP contribution < -0.4 is 5.73 Å². The van der Waals surface area contributed by atoms with Crippen molar-refractivity contribution < 1.29 is 9.53 Å². The zero-order chi connectivity index (χ0) is 11.7. The van der Waals surface area contributed by atoms with Crippen molar-refractivity contribution in [1.82, 2.24) is 4.57 Å². The molecule has 0 saturated carbocycles. The van der Waals surface area contributed by atoms with Gasteiger partial charge >= 0.3 is 5.97 Å². The molecular formula is C11H13N3O2. The number of hydrogen-bond acceptors (Lipinski definition) is 4. The number of nitrogens with two attached hydrogens (primary N) is 1. The van der Waals surface area contributed by atoms with Crippen molar-refractivity contribution in [1.29, 1.82) is 5.26 Å². The minimum Gasteiger partial charge on any atom is -0.461 e. The number of nitrogen functional groups attached to an aromatic ring is 1. The van der Waals surface area contributed by atoms with E-state index in [-0.39, 0.29) is 5.69 Å². The van der Waals surface area contributed by atoms with Crippen LogP contribution in [0.4, 0.5) is 5.69 Å². The standard InChI is InChI=1S/C11H13N3O2/c1-2-16-11(15)10-9(13)7(6-12)8-4-3-5-14(8)10/h2-5,13H2,1H3. The summed E-state index contributed by atoms with van der Waals surface area (Å²) in [7, 11) is 0. The molecule has 0 unspecified atom stereocenters. The average molecular weight is 219 g/mol. The second kappa shape index (κ2) is 3.89. The quantitative estimate of drug-likeness (QED) is 0.754. The molecule has 2 heterocycles. The van der Waals surface area contributed by atoms with Crippen LogP contribution in [-0.2, 0) is 17.7 Å². The summed E-state index contributed by atoms with van der Waals surface area (Å²) in [4.78, 5) is 11.7. The lowest BCUT2D eigenvalue weighted by molar-refractivity contribution is 0.0515. The molecule has 0 saturated heterocycles. The number of anilines is 1. The van der Waals surface area contributed by atoms with Gasteiger partial charge in [0.2, 0.25) is 0 Å². The maximum atomic E-state index is 11.7. The fourth-order valence-corrected chi connectivity index (χ4v) is 2.14. The monoisotopic (exact) mass is 219 g/mol. The molecule has 0 aromatic carbocycles. The summed E-state index contributed by atoms with van der Waals surface area (Å²) in [6.07, 6.45) is 1.74. The van der Waals surface area contributed by atoms with Crippen LogP contribution in [0.2, 0.25) is 0 Å². The summed E-state index contributed by atoms with van der Waals surface area (Å²) >= 11 is 0. The van der Waals surface area contributed by atoms with Crippen LogP contribution in [0.3, 0.4) is 0 Å². The summed E-state index contributed by atoms with van der Waals surface area (Å²) in [6.45, 7) is 2.78. The second-order valence-electron chi connectivity index (χ2n) is 3.67. The molecule has 0 fully saturated rings. The summed E-state index contributed by atoms with van der Waals surface area (Å²) in [5, 5.41) is 9.01. The molecule has 2 N–H and O–H groups in total. The lowest BCUT2D eigenvalue weighted by Gasteiger charge is -2.05. The minimum atomic E-state index is -0.440. The molecule has 2 rings (SSSR count). The highest BCUT2D eigenvalue weighted by Gasteiger charge is 2.28. The van der Waals surface area contributed by atoms with E-state index in [0.717, 1.165) is 25.1 Å². The molecule has 5 nitrogen and oxygen atoms in total. The van der Waals surface area contributed by atoms with Crippen molar-refractivity contribution in [3.8, 4) is 6.07 Å². The highest BCUT2D eigenvalue weighted by atomic mass is 16.5. The molecule has 0 radical (unpaired) electrons. The van der Waals surface area contributed by atoms with Gasteiger partial charge in [0.1, 0.15) is 6.07 Å². The molecule has 16 heavy (non-hydrogen) atoms. The molecule has 1 aromatic heterocycles. The van der Waals surface area contributed by atoms with E-state index in [1.165, 1.54) is 0 Å². The summed E-state index contributed by atoms with van der Waals surface area (Å²) < 4.78 is 6.75. The van der Waals surface area contributed by atoms with Crippen LogP contribution in [0, 0.1) is 11.3 Å². The topological polar surface area (TPSA) is 81.0 Å². The number of carbonyl (C=O) groups is 1. The Bertz CT molecular complexity index is 482. The third kappa shape index (κ3) is 1.34. The summed E-state index contributed by atoms with van der Waals surface area (Å²) in [5.74, 6) is -0.440. The Morgan fingerprint density at radius 1 is 1.69 bits per heavy atom. The number of carbonyl (C=O) groups excluding carboxylic acids is 1. The van der Waals surface area contributed by atoms with Gasteiger partial charge in [0.15, 0.2) is 5.69 Å². The zero-order valence-corrected chi connectivity index (χ0v) is 9.12. The first kappa shape index (κ1) is 10.6. The fourth-order valence-electron chi connectivity index (χ4n) is 2.14. The molecule has 0 aliphatic carbocycles. The maximum Gasteiger partial charge on any atom is 0.357 e. The van der Waals surface area contributed by atoms with Crippen molar-refractivity contribution in [2.45, 2.75) is 26.3 Å². The maximum absolute atomic E-state index is 11.7. The number of esters is 1. The van der Waals surface area contributed by atoms with E-state index in [1.54, 1.807) is 6.92 Å². The van der Waals surface area contributed by atoms with Gasteiger partial charge in [0, 0.05) is 12.2 Å². The highest BCUT2D eigenvalue weighted by Crippen LogP contribution is 2.31. The predicted molar refractivity (Wildman–Crippen MR) is 57.8 cm³/mol. The third-order valence-corrected chi connectivity index (χ3v) is 2.78. The van der Waals surface area contributed by atoms with Crippen molar-refractivity contribution in [2.75, 3.05) is 12.3 Å². The van der Waals surface area contributed by atoms with E-state index >= 15 is 0 Å². The van der Waals surface area contributed by atoms with E-state index in [2.05, 4.69) is 6.07 Å². The second-order valence-corrected chi connectivity index (χ2v) is 3.67. The SMILES string of the molecule is CCOC(=O)c1c(N)c(C#N)c2n1CCC2. The number of nitrogens with zero attached hydrogens (tertiary/aromatic N) is 2. The van der Waals surface area contributed by atoms with E-state index < -0.39 is 5.97 Å². The molecule has 0 amide bonds. The number of nitriles is 1. The van der Waals surface area contributed by atoms with Crippen molar-refractivity contribution in [3.63, 3.8) is 0 Å². The Kier molecular flexibility index (Phi) is 2.57. The third-order valence-electron chi connectivity index (χ3n) is 2.78. The lowest BCUT2D eigenvalue weighted by atomic mass is 10.1. The minimum absolute atomic E-state index is 0.260. The first-order valence-corrected chi connectivity index (χ1v) is 5.28. The highest BCUT2D eigenvalue weighted by molar-refractivity contribution is 5.95. The van der Waals surface area contributed by atoms with Crippen LogP contribution in [0.25, 0.3) is 0 Å². The van der Waals surface area contributed by atoms with E-state index in [0.29, 0.717) is 17.9 Å². The number of ether oxygens (including phenoxy) is 1. The van der Waals surface area contributed by atoms with Crippen molar-refractivity contribution >= 4 is 11.7 Å². The lowest BCUT2D eigenvalue weighted by Crippen LogP contribution is -2.13. The molecule has 1 aliphatic rings. The van der Waals surface area contributed by atoms with Crippen LogP contribution in [-0.4, -0.2) is 17.1 Å². The Balaban J connectivity index is 2.54. The summed E-state index contributed by atoms with van der Waals surface area (Å²) in [6, 6.07) is 2.06. The van der Waals surface area contributed by atoms with Gasteiger partial charge in [-0.3, -0.25) is 0 Å². The van der Waals surface area contributed by atoms with E-state index in [1.807, 2.05) is 4.57 Å². The molecule has 1 aromatic rings. The molecule has 0 atom stereocenters. The number of aromatic nitrogens is 1. The van der Waals surface area contributed by atoms with Gasteiger partial charge in [0.05, 0.1) is 17.9 Å². The Hall–Kier alpha value is -1.96. The van der Waals surface area contributed by atoms with Crippen molar-refractivity contribution in [2.24, 2.45) is 0 Å². The Labute approximate surface area is 93.4 Å². The molecule has 0 spiro atoms. The average Bonchev–Trinajstić information content (AvgIpc) is 2.77. The molecule has 84 valence electrons. The van der Waals surface area contributed by atoms with Gasteiger partial charge in [-0.1, -0.05) is 0 Å². The smallest absolute Gasteiger partial charge is 0.357 e. The molecule has 0 bridgehead atoms. The van der Waals surface area contributed by atoms with Gasteiger partial charge in [-0.2, -0.15) is 5.26 Å². The first-order valence-electron chi connectivity index (χ1n) is 5.28. The van der Waals surface area contributed by atoms with Gasteiger partial charge in [-0.15, -0.1) is 0 Å². The zero-order valence-electron chi connectivity index (χ0n) is 9.12. The van der Waals surface area contributed by atoms with Crippen LogP contribution in [0.15, 0.2) is 0 Å².